The quantitative estimate of drug-likeness (QED) is 0.900. The zero-order chi connectivity index (χ0) is 17.6. The van der Waals surface area contributed by atoms with Crippen molar-refractivity contribution in [2.75, 3.05) is 18.4 Å². The summed E-state index contributed by atoms with van der Waals surface area (Å²) in [6.45, 7) is 5.60. The van der Waals surface area contributed by atoms with Crippen molar-refractivity contribution in [3.05, 3.63) is 42.2 Å². The van der Waals surface area contributed by atoms with Gasteiger partial charge in [-0.2, -0.15) is 0 Å². The van der Waals surface area contributed by atoms with Crippen LogP contribution in [0.15, 0.2) is 36.5 Å². The smallest absolute Gasteiger partial charge is 0.272 e. The lowest BCUT2D eigenvalue weighted by molar-refractivity contribution is 0.0718. The molecule has 2 heterocycles. The molecule has 1 aliphatic heterocycles. The van der Waals surface area contributed by atoms with E-state index in [1.54, 1.807) is 12.3 Å². The summed E-state index contributed by atoms with van der Waals surface area (Å²) in [5, 5.41) is 3.13. The Morgan fingerprint density at radius 2 is 1.84 bits per heavy atom. The number of amides is 1. The number of hydrogen-bond donors (Lipinski definition) is 1. The lowest BCUT2D eigenvalue weighted by Gasteiger charge is -2.26. The predicted molar refractivity (Wildman–Crippen MR) is 97.3 cm³/mol. The second-order valence-corrected chi connectivity index (χ2v) is 6.43. The standard InChI is InChI=1S/C19H24N4O2/c1-14(2)25-16-8-6-15(7-9-16)21-19-20-11-10-17(22-19)18(24)23-12-4-3-5-13-23/h6-11,14H,3-5,12-13H2,1-2H3,(H,20,21,22). The Bertz CT molecular complexity index is 710. The number of anilines is 2. The van der Waals surface area contributed by atoms with Gasteiger partial charge in [-0.3, -0.25) is 4.79 Å². The van der Waals surface area contributed by atoms with Crippen LogP contribution in [-0.4, -0.2) is 40.0 Å². The van der Waals surface area contributed by atoms with Gasteiger partial charge in [0.15, 0.2) is 0 Å². The van der Waals surface area contributed by atoms with Crippen molar-refractivity contribution < 1.29 is 9.53 Å². The van der Waals surface area contributed by atoms with Gasteiger partial charge in [-0.05, 0) is 63.4 Å². The van der Waals surface area contributed by atoms with E-state index in [1.165, 1.54) is 6.42 Å². The van der Waals surface area contributed by atoms with Crippen molar-refractivity contribution in [3.8, 4) is 5.75 Å². The van der Waals surface area contributed by atoms with Crippen LogP contribution in [0.4, 0.5) is 11.6 Å². The molecule has 0 bridgehead atoms. The Kier molecular flexibility index (Phi) is 5.48. The molecular weight excluding hydrogens is 316 g/mol. The van der Waals surface area contributed by atoms with Crippen LogP contribution < -0.4 is 10.1 Å². The number of ether oxygens (including phenoxy) is 1. The average Bonchev–Trinajstić information content (AvgIpc) is 2.63. The fourth-order valence-electron chi connectivity index (χ4n) is 2.82. The van der Waals surface area contributed by atoms with Gasteiger partial charge in [0.2, 0.25) is 5.95 Å². The lowest BCUT2D eigenvalue weighted by Crippen LogP contribution is -2.36. The minimum absolute atomic E-state index is 0.0224. The van der Waals surface area contributed by atoms with E-state index in [0.717, 1.165) is 37.4 Å². The van der Waals surface area contributed by atoms with Crippen LogP contribution in [-0.2, 0) is 0 Å². The maximum atomic E-state index is 12.5. The van der Waals surface area contributed by atoms with E-state index in [-0.39, 0.29) is 12.0 Å². The number of benzene rings is 1. The normalized spacial score (nSPS) is 14.4. The molecule has 1 saturated heterocycles. The van der Waals surface area contributed by atoms with Crippen LogP contribution in [0.5, 0.6) is 5.75 Å². The maximum Gasteiger partial charge on any atom is 0.272 e. The van der Waals surface area contributed by atoms with Gasteiger partial charge in [-0.25, -0.2) is 9.97 Å². The van der Waals surface area contributed by atoms with Crippen LogP contribution in [0.2, 0.25) is 0 Å². The molecule has 2 aromatic rings. The topological polar surface area (TPSA) is 67.3 Å². The molecule has 0 aliphatic carbocycles. The van der Waals surface area contributed by atoms with Crippen molar-refractivity contribution in [3.63, 3.8) is 0 Å². The SMILES string of the molecule is CC(C)Oc1ccc(Nc2nccc(C(=O)N3CCCCC3)n2)cc1. The maximum absolute atomic E-state index is 12.5. The fourth-order valence-corrected chi connectivity index (χ4v) is 2.82. The molecule has 1 amide bonds. The highest BCUT2D eigenvalue weighted by molar-refractivity contribution is 5.92. The van der Waals surface area contributed by atoms with Gasteiger partial charge in [0.25, 0.3) is 5.91 Å². The van der Waals surface area contributed by atoms with Gasteiger partial charge in [-0.1, -0.05) is 0 Å². The summed E-state index contributed by atoms with van der Waals surface area (Å²) in [5.74, 6) is 1.21. The molecule has 0 unspecified atom stereocenters. The van der Waals surface area contributed by atoms with E-state index in [2.05, 4.69) is 15.3 Å². The summed E-state index contributed by atoms with van der Waals surface area (Å²) in [6, 6.07) is 9.26. The molecule has 1 fully saturated rings. The highest BCUT2D eigenvalue weighted by Crippen LogP contribution is 2.19. The van der Waals surface area contributed by atoms with Crippen LogP contribution >= 0.6 is 0 Å². The minimum atomic E-state index is -0.0224. The third-order valence-corrected chi connectivity index (χ3v) is 4.00. The average molecular weight is 340 g/mol. The Labute approximate surface area is 148 Å². The van der Waals surface area contributed by atoms with Crippen molar-refractivity contribution in [1.82, 2.24) is 14.9 Å². The second-order valence-electron chi connectivity index (χ2n) is 6.43. The number of aromatic nitrogens is 2. The summed E-state index contributed by atoms with van der Waals surface area (Å²) in [7, 11) is 0. The Morgan fingerprint density at radius 1 is 1.12 bits per heavy atom. The van der Waals surface area contributed by atoms with E-state index in [1.807, 2.05) is 43.0 Å². The molecule has 0 spiro atoms. The van der Waals surface area contributed by atoms with E-state index in [0.29, 0.717) is 11.6 Å². The number of nitrogens with zero attached hydrogens (tertiary/aromatic N) is 3. The van der Waals surface area contributed by atoms with E-state index < -0.39 is 0 Å². The zero-order valence-corrected chi connectivity index (χ0v) is 14.7. The highest BCUT2D eigenvalue weighted by atomic mass is 16.5. The molecule has 6 heteroatoms. The number of rotatable bonds is 5. The molecule has 1 aromatic carbocycles. The largest absolute Gasteiger partial charge is 0.491 e. The summed E-state index contributed by atoms with van der Waals surface area (Å²) in [4.78, 5) is 23.0. The molecular formula is C19H24N4O2. The lowest BCUT2D eigenvalue weighted by atomic mass is 10.1. The van der Waals surface area contributed by atoms with E-state index >= 15 is 0 Å². The molecule has 0 radical (unpaired) electrons. The number of hydrogen-bond acceptors (Lipinski definition) is 5. The minimum Gasteiger partial charge on any atom is -0.491 e. The second kappa shape index (κ2) is 7.96. The molecule has 1 N–H and O–H groups in total. The molecule has 0 atom stereocenters. The summed E-state index contributed by atoms with van der Waals surface area (Å²) in [5.41, 5.74) is 1.28. The molecule has 1 aromatic heterocycles. The van der Waals surface area contributed by atoms with Gasteiger partial charge >= 0.3 is 0 Å². The number of carbonyl (C=O) groups excluding carboxylic acids is 1. The van der Waals surface area contributed by atoms with Crippen LogP contribution in [0, 0.1) is 0 Å². The Morgan fingerprint density at radius 3 is 2.52 bits per heavy atom. The van der Waals surface area contributed by atoms with Gasteiger partial charge in [0.05, 0.1) is 6.10 Å². The van der Waals surface area contributed by atoms with Crippen molar-refractivity contribution >= 4 is 17.5 Å². The van der Waals surface area contributed by atoms with E-state index in [9.17, 15) is 4.79 Å². The van der Waals surface area contributed by atoms with Crippen LogP contribution in [0.3, 0.4) is 0 Å². The Hall–Kier alpha value is -2.63. The van der Waals surface area contributed by atoms with Crippen LogP contribution in [0.25, 0.3) is 0 Å². The zero-order valence-electron chi connectivity index (χ0n) is 14.7. The number of nitrogens with one attached hydrogen (secondary N) is 1. The molecule has 0 saturated carbocycles. The summed E-state index contributed by atoms with van der Waals surface area (Å²) in [6.07, 6.45) is 5.07. The summed E-state index contributed by atoms with van der Waals surface area (Å²) >= 11 is 0. The fraction of sp³-hybridized carbons (Fsp3) is 0.421. The molecule has 3 rings (SSSR count). The van der Waals surface area contributed by atoms with Gasteiger partial charge < -0.3 is 15.0 Å². The van der Waals surface area contributed by atoms with Crippen LogP contribution in [0.1, 0.15) is 43.6 Å². The number of piperidine rings is 1. The first kappa shape index (κ1) is 17.2. The first-order valence-corrected chi connectivity index (χ1v) is 8.78. The van der Waals surface area contributed by atoms with Crippen molar-refractivity contribution in [2.24, 2.45) is 0 Å². The van der Waals surface area contributed by atoms with E-state index in [4.69, 9.17) is 4.74 Å². The van der Waals surface area contributed by atoms with Crippen molar-refractivity contribution in [1.29, 1.82) is 0 Å². The van der Waals surface area contributed by atoms with Gasteiger partial charge in [-0.15, -0.1) is 0 Å². The molecule has 6 nitrogen and oxygen atoms in total. The van der Waals surface area contributed by atoms with Crippen molar-refractivity contribution in [2.45, 2.75) is 39.2 Å². The predicted octanol–water partition coefficient (Wildman–Crippen LogP) is 3.63. The Balaban J connectivity index is 1.68. The van der Waals surface area contributed by atoms with Gasteiger partial charge in [0, 0.05) is 25.0 Å². The highest BCUT2D eigenvalue weighted by Gasteiger charge is 2.19. The summed E-state index contributed by atoms with van der Waals surface area (Å²) < 4.78 is 5.63. The monoisotopic (exact) mass is 340 g/mol. The first-order valence-electron chi connectivity index (χ1n) is 8.78. The van der Waals surface area contributed by atoms with Gasteiger partial charge in [0.1, 0.15) is 11.4 Å². The third kappa shape index (κ3) is 4.68. The molecule has 25 heavy (non-hydrogen) atoms. The third-order valence-electron chi connectivity index (χ3n) is 4.00. The number of carbonyl (C=O) groups is 1. The molecule has 132 valence electrons. The molecule has 1 aliphatic rings. The number of likely N-dealkylation sites (tertiary alicyclic amines) is 1. The first-order chi connectivity index (χ1) is 12.1.